The SMILES string of the molecule is C[C@H](N)C(=O)N1CCC(Cn2cc(CCO)nn2)CC1. The van der Waals surface area contributed by atoms with Crippen LogP contribution in [0.1, 0.15) is 25.5 Å². The van der Waals surface area contributed by atoms with E-state index in [1.54, 1.807) is 6.92 Å². The van der Waals surface area contributed by atoms with Crippen molar-refractivity contribution in [3.8, 4) is 0 Å². The molecule has 1 amide bonds. The van der Waals surface area contributed by atoms with E-state index in [-0.39, 0.29) is 12.5 Å². The maximum absolute atomic E-state index is 11.8. The molecule has 7 heteroatoms. The molecule has 20 heavy (non-hydrogen) atoms. The summed E-state index contributed by atoms with van der Waals surface area (Å²) < 4.78 is 1.83. The number of carbonyl (C=O) groups is 1. The molecule has 1 atom stereocenters. The van der Waals surface area contributed by atoms with Crippen LogP contribution in [0.3, 0.4) is 0 Å². The third-order valence-corrected chi connectivity index (χ3v) is 3.72. The molecule has 0 saturated carbocycles. The first-order valence-corrected chi connectivity index (χ1v) is 7.14. The highest BCUT2D eigenvalue weighted by molar-refractivity contribution is 5.81. The lowest BCUT2D eigenvalue weighted by atomic mass is 9.96. The van der Waals surface area contributed by atoms with Gasteiger partial charge in [-0.25, -0.2) is 0 Å². The summed E-state index contributed by atoms with van der Waals surface area (Å²) in [6.45, 7) is 4.17. The summed E-state index contributed by atoms with van der Waals surface area (Å²) in [7, 11) is 0. The number of hydrogen-bond acceptors (Lipinski definition) is 5. The second-order valence-electron chi connectivity index (χ2n) is 5.46. The van der Waals surface area contributed by atoms with Crippen LogP contribution in [-0.4, -0.2) is 56.6 Å². The highest BCUT2D eigenvalue weighted by Crippen LogP contribution is 2.19. The van der Waals surface area contributed by atoms with Crippen LogP contribution in [0, 0.1) is 5.92 Å². The van der Waals surface area contributed by atoms with Gasteiger partial charge in [0.15, 0.2) is 0 Å². The molecule has 1 fully saturated rings. The van der Waals surface area contributed by atoms with Crippen LogP contribution in [0.4, 0.5) is 0 Å². The minimum atomic E-state index is -0.414. The lowest BCUT2D eigenvalue weighted by Crippen LogP contribution is -2.46. The van der Waals surface area contributed by atoms with Gasteiger partial charge in [-0.15, -0.1) is 5.10 Å². The number of rotatable bonds is 5. The number of piperidine rings is 1. The van der Waals surface area contributed by atoms with Crippen molar-refractivity contribution in [2.24, 2.45) is 11.7 Å². The number of nitrogens with two attached hydrogens (primary N) is 1. The maximum atomic E-state index is 11.8. The van der Waals surface area contributed by atoms with Gasteiger partial charge in [0.25, 0.3) is 0 Å². The van der Waals surface area contributed by atoms with Gasteiger partial charge in [0.05, 0.1) is 11.7 Å². The first-order valence-electron chi connectivity index (χ1n) is 7.14. The van der Waals surface area contributed by atoms with Crippen molar-refractivity contribution < 1.29 is 9.90 Å². The summed E-state index contributed by atoms with van der Waals surface area (Å²) in [5.74, 6) is 0.547. The average Bonchev–Trinajstić information content (AvgIpc) is 2.86. The van der Waals surface area contributed by atoms with Gasteiger partial charge in [0, 0.05) is 38.9 Å². The van der Waals surface area contributed by atoms with Crippen LogP contribution in [0.15, 0.2) is 6.20 Å². The van der Waals surface area contributed by atoms with Gasteiger partial charge in [0.2, 0.25) is 5.91 Å². The van der Waals surface area contributed by atoms with Gasteiger partial charge in [-0.05, 0) is 25.7 Å². The molecule has 0 radical (unpaired) electrons. The lowest BCUT2D eigenvalue weighted by Gasteiger charge is -2.32. The third-order valence-electron chi connectivity index (χ3n) is 3.72. The predicted octanol–water partition coefficient (Wildman–Crippen LogP) is -0.601. The third kappa shape index (κ3) is 3.77. The van der Waals surface area contributed by atoms with Crippen molar-refractivity contribution in [2.75, 3.05) is 19.7 Å². The molecule has 1 aromatic rings. The Morgan fingerprint density at radius 1 is 1.55 bits per heavy atom. The van der Waals surface area contributed by atoms with Crippen molar-refractivity contribution in [1.29, 1.82) is 0 Å². The van der Waals surface area contributed by atoms with Crippen molar-refractivity contribution in [2.45, 2.75) is 38.8 Å². The fourth-order valence-electron chi connectivity index (χ4n) is 2.55. The van der Waals surface area contributed by atoms with E-state index in [1.165, 1.54) is 0 Å². The highest BCUT2D eigenvalue weighted by atomic mass is 16.3. The van der Waals surface area contributed by atoms with E-state index in [4.69, 9.17) is 10.8 Å². The summed E-state index contributed by atoms with van der Waals surface area (Å²) in [4.78, 5) is 13.6. The Bertz CT molecular complexity index is 438. The number of amides is 1. The van der Waals surface area contributed by atoms with E-state index < -0.39 is 6.04 Å². The molecule has 0 spiro atoms. The fraction of sp³-hybridized carbons (Fsp3) is 0.769. The number of aliphatic hydroxyl groups excluding tert-OH is 1. The Morgan fingerprint density at radius 2 is 2.25 bits per heavy atom. The van der Waals surface area contributed by atoms with E-state index in [1.807, 2.05) is 15.8 Å². The Hall–Kier alpha value is -1.47. The minimum Gasteiger partial charge on any atom is -0.396 e. The number of carbonyl (C=O) groups excluding carboxylic acids is 1. The molecule has 0 aromatic carbocycles. The number of hydrogen-bond donors (Lipinski definition) is 2. The van der Waals surface area contributed by atoms with Crippen molar-refractivity contribution in [1.82, 2.24) is 19.9 Å². The quantitative estimate of drug-likeness (QED) is 0.751. The zero-order chi connectivity index (χ0) is 14.5. The van der Waals surface area contributed by atoms with Crippen LogP contribution in [-0.2, 0) is 17.8 Å². The molecule has 1 saturated heterocycles. The van der Waals surface area contributed by atoms with Crippen LogP contribution in [0.5, 0.6) is 0 Å². The number of aromatic nitrogens is 3. The summed E-state index contributed by atoms with van der Waals surface area (Å²) >= 11 is 0. The van der Waals surface area contributed by atoms with Crippen LogP contribution < -0.4 is 5.73 Å². The topological polar surface area (TPSA) is 97.3 Å². The van der Waals surface area contributed by atoms with Gasteiger partial charge in [-0.3, -0.25) is 9.48 Å². The van der Waals surface area contributed by atoms with E-state index in [0.29, 0.717) is 12.3 Å². The summed E-state index contributed by atoms with van der Waals surface area (Å²) in [5, 5.41) is 16.9. The van der Waals surface area contributed by atoms with Gasteiger partial charge < -0.3 is 15.7 Å². The number of likely N-dealkylation sites (tertiary alicyclic amines) is 1. The molecule has 0 aliphatic carbocycles. The van der Waals surface area contributed by atoms with Gasteiger partial charge >= 0.3 is 0 Å². The molecule has 0 unspecified atom stereocenters. The highest BCUT2D eigenvalue weighted by Gasteiger charge is 2.24. The van der Waals surface area contributed by atoms with Gasteiger partial charge in [-0.1, -0.05) is 5.21 Å². The average molecular weight is 281 g/mol. The van der Waals surface area contributed by atoms with E-state index in [9.17, 15) is 4.79 Å². The first-order chi connectivity index (χ1) is 9.60. The second-order valence-corrected chi connectivity index (χ2v) is 5.46. The number of nitrogens with zero attached hydrogens (tertiary/aromatic N) is 4. The molecular weight excluding hydrogens is 258 g/mol. The van der Waals surface area contributed by atoms with Gasteiger partial charge in [-0.2, -0.15) is 0 Å². The van der Waals surface area contributed by atoms with Crippen molar-refractivity contribution >= 4 is 5.91 Å². The predicted molar refractivity (Wildman–Crippen MR) is 73.8 cm³/mol. The first kappa shape index (κ1) is 14.9. The molecule has 1 aromatic heterocycles. The monoisotopic (exact) mass is 281 g/mol. The molecule has 0 bridgehead atoms. The van der Waals surface area contributed by atoms with E-state index in [0.717, 1.165) is 38.2 Å². The molecule has 1 aliphatic heterocycles. The second kappa shape index (κ2) is 6.81. The number of aliphatic hydroxyl groups is 1. The Morgan fingerprint density at radius 3 is 2.85 bits per heavy atom. The van der Waals surface area contributed by atoms with Crippen LogP contribution in [0.25, 0.3) is 0 Å². The Labute approximate surface area is 118 Å². The molecule has 2 heterocycles. The molecule has 112 valence electrons. The van der Waals surface area contributed by atoms with E-state index >= 15 is 0 Å². The van der Waals surface area contributed by atoms with E-state index in [2.05, 4.69) is 10.3 Å². The minimum absolute atomic E-state index is 0.0365. The fourth-order valence-corrected chi connectivity index (χ4v) is 2.55. The van der Waals surface area contributed by atoms with Crippen molar-refractivity contribution in [3.05, 3.63) is 11.9 Å². The molecule has 2 rings (SSSR count). The molecule has 1 aliphatic rings. The Balaban J connectivity index is 1.80. The summed E-state index contributed by atoms with van der Waals surface area (Å²) in [6, 6.07) is -0.414. The molecule has 3 N–H and O–H groups in total. The van der Waals surface area contributed by atoms with Gasteiger partial charge in [0.1, 0.15) is 0 Å². The molecular formula is C13H23N5O2. The maximum Gasteiger partial charge on any atom is 0.239 e. The summed E-state index contributed by atoms with van der Waals surface area (Å²) in [5.41, 5.74) is 6.44. The zero-order valence-electron chi connectivity index (χ0n) is 11.9. The summed E-state index contributed by atoms with van der Waals surface area (Å²) in [6.07, 6.45) is 4.36. The largest absolute Gasteiger partial charge is 0.396 e. The lowest BCUT2D eigenvalue weighted by molar-refractivity contribution is -0.133. The zero-order valence-corrected chi connectivity index (χ0v) is 11.9. The normalized spacial score (nSPS) is 18.2. The standard InChI is InChI=1S/C13H23N5O2/c1-10(14)13(20)17-5-2-11(3-6-17)8-18-9-12(4-7-19)15-16-18/h9-11,19H,2-8,14H2,1H3/t10-/m0/s1. The smallest absolute Gasteiger partial charge is 0.239 e. The molecule has 7 nitrogen and oxygen atoms in total. The van der Waals surface area contributed by atoms with Crippen LogP contribution in [0.2, 0.25) is 0 Å². The Kier molecular flexibility index (Phi) is 5.08. The van der Waals surface area contributed by atoms with Crippen molar-refractivity contribution in [3.63, 3.8) is 0 Å². The van der Waals surface area contributed by atoms with Crippen LogP contribution >= 0.6 is 0 Å².